The van der Waals surface area contributed by atoms with Crippen LogP contribution < -0.4 is 5.32 Å². The van der Waals surface area contributed by atoms with Gasteiger partial charge in [0.2, 0.25) is 0 Å². The van der Waals surface area contributed by atoms with Crippen LogP contribution in [0.2, 0.25) is 0 Å². The van der Waals surface area contributed by atoms with Crippen molar-refractivity contribution >= 4 is 44.9 Å². The van der Waals surface area contributed by atoms with Gasteiger partial charge in [-0.1, -0.05) is 188 Å². The average molecular weight is 748 g/mol. The predicted octanol–water partition coefficient (Wildman–Crippen LogP) is 14.0. The van der Waals surface area contributed by atoms with Gasteiger partial charge in [-0.25, -0.2) is 9.98 Å². The van der Waals surface area contributed by atoms with Crippen LogP contribution in [0.1, 0.15) is 52.9 Å². The average Bonchev–Trinajstić information content (AvgIpc) is 3.54. The van der Waals surface area contributed by atoms with Crippen molar-refractivity contribution in [3.8, 4) is 22.3 Å². The summed E-state index contributed by atoms with van der Waals surface area (Å²) in [7, 11) is 0. The topological polar surface area (TPSA) is 36.8 Å². The minimum atomic E-state index is -0.291. The molecule has 0 saturated carbocycles. The highest BCUT2D eigenvalue weighted by Gasteiger charge is 2.24. The van der Waals surface area contributed by atoms with Crippen molar-refractivity contribution in [2.45, 2.75) is 33.4 Å². The Kier molecular flexibility index (Phi) is 10.2. The number of nitrogens with one attached hydrogen (secondary N) is 1. The SMILES string of the molecule is C/C=C\C=C/c1c(-c2ccc3ccccc3c2)ccc(-c2ccc(C3=NC(c4ccccc4)NC(C4=CCC=C(c5cccc(C)c5)C=C4)=N3)c3ccccc23)c1C. The van der Waals surface area contributed by atoms with Crippen LogP contribution >= 0.6 is 0 Å². The first-order chi connectivity index (χ1) is 28.5. The van der Waals surface area contributed by atoms with E-state index in [1.165, 1.54) is 66.2 Å². The normalized spacial score (nSPS) is 15.6. The van der Waals surface area contributed by atoms with Gasteiger partial charge in [0.15, 0.2) is 5.84 Å². The minimum absolute atomic E-state index is 0.291. The number of fused-ring (bicyclic) bond motifs is 2. The Balaban J connectivity index is 1.14. The van der Waals surface area contributed by atoms with Crippen molar-refractivity contribution in [3.63, 3.8) is 0 Å². The summed E-state index contributed by atoms with van der Waals surface area (Å²) in [6, 6.07) is 52.2. The zero-order valence-electron chi connectivity index (χ0n) is 33.2. The lowest BCUT2D eigenvalue weighted by molar-refractivity contribution is 0.674. The molecule has 0 radical (unpaired) electrons. The number of rotatable bonds is 8. The zero-order valence-corrected chi connectivity index (χ0v) is 33.2. The number of aliphatic imine (C=N–C) groups is 2. The molecule has 280 valence electrons. The molecule has 7 aromatic rings. The summed E-state index contributed by atoms with van der Waals surface area (Å²) in [4.78, 5) is 10.6. The van der Waals surface area contributed by atoms with Gasteiger partial charge in [0.1, 0.15) is 12.0 Å². The van der Waals surface area contributed by atoms with Gasteiger partial charge in [-0.2, -0.15) is 0 Å². The molecule has 0 saturated heterocycles. The molecular weight excluding hydrogens is 703 g/mol. The number of allylic oxidation sites excluding steroid dienone is 7. The first kappa shape index (κ1) is 36.5. The molecule has 1 N–H and O–H groups in total. The molecule has 3 heteroatoms. The fourth-order valence-electron chi connectivity index (χ4n) is 8.20. The van der Waals surface area contributed by atoms with Gasteiger partial charge >= 0.3 is 0 Å². The third kappa shape index (κ3) is 7.31. The molecule has 2 aliphatic rings. The van der Waals surface area contributed by atoms with E-state index >= 15 is 0 Å². The van der Waals surface area contributed by atoms with Crippen molar-refractivity contribution in [1.82, 2.24) is 5.32 Å². The van der Waals surface area contributed by atoms with Gasteiger partial charge in [-0.3, -0.25) is 0 Å². The molecule has 0 amide bonds. The summed E-state index contributed by atoms with van der Waals surface area (Å²) in [5, 5.41) is 8.46. The van der Waals surface area contributed by atoms with Gasteiger partial charge < -0.3 is 5.32 Å². The zero-order chi connectivity index (χ0) is 39.4. The van der Waals surface area contributed by atoms with Crippen molar-refractivity contribution in [3.05, 3.63) is 227 Å². The number of amidine groups is 2. The van der Waals surface area contributed by atoms with E-state index in [4.69, 9.17) is 9.98 Å². The van der Waals surface area contributed by atoms with Crippen molar-refractivity contribution < 1.29 is 0 Å². The predicted molar refractivity (Wildman–Crippen MR) is 248 cm³/mol. The highest BCUT2D eigenvalue weighted by molar-refractivity contribution is 6.19. The number of nitrogens with zero attached hydrogens (tertiary/aromatic N) is 2. The largest absolute Gasteiger partial charge is 0.344 e. The van der Waals surface area contributed by atoms with Crippen LogP contribution in [0.4, 0.5) is 0 Å². The van der Waals surface area contributed by atoms with Crippen LogP contribution in [0.15, 0.2) is 204 Å². The van der Waals surface area contributed by atoms with E-state index in [1.54, 1.807) is 0 Å². The van der Waals surface area contributed by atoms with Crippen molar-refractivity contribution in [1.29, 1.82) is 0 Å². The molecular formula is C55H45N3. The fraction of sp³-hybridized carbons (Fsp3) is 0.0909. The van der Waals surface area contributed by atoms with E-state index in [-0.39, 0.29) is 6.17 Å². The third-order valence-electron chi connectivity index (χ3n) is 11.2. The molecule has 1 heterocycles. The van der Waals surface area contributed by atoms with Crippen LogP contribution in [-0.4, -0.2) is 11.7 Å². The van der Waals surface area contributed by atoms with Crippen LogP contribution in [0.3, 0.4) is 0 Å². The molecule has 0 bridgehead atoms. The van der Waals surface area contributed by atoms with Crippen LogP contribution in [0.5, 0.6) is 0 Å². The van der Waals surface area contributed by atoms with Gasteiger partial charge in [0, 0.05) is 11.1 Å². The summed E-state index contributed by atoms with van der Waals surface area (Å²) in [6.07, 6.45) is 18.0. The van der Waals surface area contributed by atoms with Gasteiger partial charge in [0.25, 0.3) is 0 Å². The highest BCUT2D eigenvalue weighted by atomic mass is 15.2. The second kappa shape index (κ2) is 16.2. The molecule has 0 aromatic heterocycles. The lowest BCUT2D eigenvalue weighted by atomic mass is 9.86. The Hall–Kier alpha value is -7.10. The molecule has 1 unspecified atom stereocenters. The van der Waals surface area contributed by atoms with E-state index in [9.17, 15) is 0 Å². The Morgan fingerprint density at radius 1 is 0.586 bits per heavy atom. The quantitative estimate of drug-likeness (QED) is 0.154. The second-order valence-corrected chi connectivity index (χ2v) is 15.0. The maximum Gasteiger partial charge on any atom is 0.160 e. The molecule has 1 aliphatic carbocycles. The molecule has 7 aromatic carbocycles. The molecule has 0 fully saturated rings. The van der Waals surface area contributed by atoms with Gasteiger partial charge in [-0.15, -0.1) is 0 Å². The molecule has 1 atom stereocenters. The van der Waals surface area contributed by atoms with Gasteiger partial charge in [0.05, 0.1) is 0 Å². The number of aryl methyl sites for hydroxylation is 1. The van der Waals surface area contributed by atoms with Crippen LogP contribution in [-0.2, 0) is 0 Å². The molecule has 0 spiro atoms. The fourth-order valence-corrected chi connectivity index (χ4v) is 8.20. The second-order valence-electron chi connectivity index (χ2n) is 15.0. The summed E-state index contributed by atoms with van der Waals surface area (Å²) in [6.45, 7) is 6.45. The molecule has 1 aliphatic heterocycles. The Morgan fingerprint density at radius 2 is 1.29 bits per heavy atom. The summed E-state index contributed by atoms with van der Waals surface area (Å²) >= 11 is 0. The number of hydrogen-bond acceptors (Lipinski definition) is 3. The standard InChI is InChI=1S/C55H45N3/c1-4-5-7-24-46-38(3)47(31-32-48(46)45-30-28-39-17-10-11-20-44(39)36-45)51-33-34-52(50-26-13-12-25-49(50)51)55-57-53(41-18-8-6-9-19-41)56-54(58-55)42-22-15-21-40(27-29-42)43-23-14-16-37(2)35-43/h4-14,16-36,53H,15H2,1-3H3,(H,56,57,58)/b5-4-,24-7-. The Labute approximate surface area is 341 Å². The van der Waals surface area contributed by atoms with Crippen LogP contribution in [0.25, 0.3) is 55.4 Å². The molecule has 9 rings (SSSR count). The maximum atomic E-state index is 5.30. The minimum Gasteiger partial charge on any atom is -0.344 e. The summed E-state index contributed by atoms with van der Waals surface area (Å²) in [5.74, 6) is 1.54. The molecule has 58 heavy (non-hydrogen) atoms. The monoisotopic (exact) mass is 747 g/mol. The van der Waals surface area contributed by atoms with E-state index in [1.807, 2.05) is 6.07 Å². The van der Waals surface area contributed by atoms with Crippen molar-refractivity contribution in [2.24, 2.45) is 9.98 Å². The number of hydrogen-bond donors (Lipinski definition) is 1. The smallest absolute Gasteiger partial charge is 0.160 e. The van der Waals surface area contributed by atoms with Crippen LogP contribution in [0, 0.1) is 13.8 Å². The van der Waals surface area contributed by atoms with E-state index in [0.29, 0.717) is 5.84 Å². The first-order valence-corrected chi connectivity index (χ1v) is 20.1. The summed E-state index contributed by atoms with van der Waals surface area (Å²) < 4.78 is 0. The van der Waals surface area contributed by atoms with E-state index in [0.717, 1.165) is 34.3 Å². The van der Waals surface area contributed by atoms with Gasteiger partial charge in [-0.05, 0) is 111 Å². The first-order valence-electron chi connectivity index (χ1n) is 20.1. The number of benzene rings is 7. The summed E-state index contributed by atoms with van der Waals surface area (Å²) in [5.41, 5.74) is 14.1. The Bertz CT molecular complexity index is 2920. The highest BCUT2D eigenvalue weighted by Crippen LogP contribution is 2.39. The third-order valence-corrected chi connectivity index (χ3v) is 11.2. The molecule has 3 nitrogen and oxygen atoms in total. The maximum absolute atomic E-state index is 5.30. The Morgan fingerprint density at radius 3 is 2.12 bits per heavy atom. The lowest BCUT2D eigenvalue weighted by Crippen LogP contribution is -2.33. The van der Waals surface area contributed by atoms with Crippen molar-refractivity contribution in [2.75, 3.05) is 0 Å². The van der Waals surface area contributed by atoms with E-state index < -0.39 is 0 Å². The lowest BCUT2D eigenvalue weighted by Gasteiger charge is -2.25. The van der Waals surface area contributed by atoms with E-state index in [2.05, 4.69) is 214 Å².